The molecule has 1 N–H and O–H groups in total. The average molecular weight is 350 g/mol. The first-order valence-corrected chi connectivity index (χ1v) is 9.25. The highest BCUT2D eigenvalue weighted by atomic mass is 32.2. The van der Waals surface area contributed by atoms with E-state index in [1.807, 2.05) is 25.1 Å². The minimum atomic E-state index is -0.215. The van der Waals surface area contributed by atoms with E-state index in [0.29, 0.717) is 6.61 Å². The van der Waals surface area contributed by atoms with Crippen LogP contribution in [0.4, 0.5) is 0 Å². The maximum Gasteiger partial charge on any atom is 0.316 e. The molecule has 0 amide bonds. The van der Waals surface area contributed by atoms with E-state index < -0.39 is 0 Å². The van der Waals surface area contributed by atoms with Crippen LogP contribution in [0.15, 0.2) is 47.5 Å². The maximum absolute atomic E-state index is 11.7. The zero-order valence-corrected chi connectivity index (χ0v) is 14.9. The summed E-state index contributed by atoms with van der Waals surface area (Å²) in [6, 6.07) is 14.5. The Kier molecular flexibility index (Phi) is 4.09. The zero-order chi connectivity index (χ0) is 17.4. The molecule has 25 heavy (non-hydrogen) atoms. The number of fused-ring (bicyclic) bond motifs is 5. The number of esters is 1. The van der Waals surface area contributed by atoms with E-state index in [1.165, 1.54) is 17.3 Å². The Morgan fingerprint density at radius 1 is 1.16 bits per heavy atom. The first-order chi connectivity index (χ1) is 12.2. The van der Waals surface area contributed by atoms with Gasteiger partial charge in [-0.3, -0.25) is 4.79 Å². The molecule has 0 saturated carbocycles. The normalized spacial score (nSPS) is 11.4. The number of hydrogen-bond donors (Lipinski definition) is 1. The lowest BCUT2D eigenvalue weighted by Crippen LogP contribution is -2.06. The predicted molar refractivity (Wildman–Crippen MR) is 103 cm³/mol. The molecule has 2 heterocycles. The molecule has 0 aliphatic heterocycles. The van der Waals surface area contributed by atoms with Gasteiger partial charge in [0.1, 0.15) is 5.03 Å². The van der Waals surface area contributed by atoms with E-state index in [0.717, 1.165) is 37.7 Å². The van der Waals surface area contributed by atoms with Crippen molar-refractivity contribution in [2.24, 2.45) is 0 Å². The summed E-state index contributed by atoms with van der Waals surface area (Å²) in [6.07, 6.45) is 0. The second-order valence-electron chi connectivity index (χ2n) is 5.95. The molecule has 4 nitrogen and oxygen atoms in total. The first-order valence-electron chi connectivity index (χ1n) is 8.26. The van der Waals surface area contributed by atoms with E-state index >= 15 is 0 Å². The summed E-state index contributed by atoms with van der Waals surface area (Å²) in [5.41, 5.74) is 4.26. The van der Waals surface area contributed by atoms with Crippen LogP contribution in [-0.4, -0.2) is 28.3 Å². The van der Waals surface area contributed by atoms with Crippen LogP contribution < -0.4 is 0 Å². The summed E-state index contributed by atoms with van der Waals surface area (Å²) in [4.78, 5) is 20.1. The average Bonchev–Trinajstić information content (AvgIpc) is 2.98. The van der Waals surface area contributed by atoms with Crippen LogP contribution in [0.5, 0.6) is 0 Å². The lowest BCUT2D eigenvalue weighted by molar-refractivity contribution is -0.139. The number of hydrogen-bond acceptors (Lipinski definition) is 4. The fourth-order valence-corrected chi connectivity index (χ4v) is 3.92. The van der Waals surface area contributed by atoms with Crippen LogP contribution in [0.2, 0.25) is 0 Å². The lowest BCUT2D eigenvalue weighted by Gasteiger charge is -2.07. The number of aromatic amines is 1. The third-order valence-electron chi connectivity index (χ3n) is 4.20. The smallest absolute Gasteiger partial charge is 0.316 e. The molecule has 0 aliphatic rings. The van der Waals surface area contributed by atoms with E-state index in [2.05, 4.69) is 36.2 Å². The fraction of sp³-hybridized carbons (Fsp3) is 0.200. The molecule has 0 fully saturated rings. The molecular formula is C20H18N2O2S. The van der Waals surface area contributed by atoms with Gasteiger partial charge in [-0.1, -0.05) is 47.7 Å². The Hall–Kier alpha value is -2.53. The van der Waals surface area contributed by atoms with Crippen molar-refractivity contribution in [1.29, 1.82) is 0 Å². The van der Waals surface area contributed by atoms with Crippen molar-refractivity contribution in [3.8, 4) is 0 Å². The minimum absolute atomic E-state index is 0.215. The molecule has 0 aliphatic carbocycles. The molecule has 5 heteroatoms. The topological polar surface area (TPSA) is 55.0 Å². The molecule has 126 valence electrons. The molecule has 2 aromatic heterocycles. The van der Waals surface area contributed by atoms with Gasteiger partial charge in [0.25, 0.3) is 0 Å². The van der Waals surface area contributed by atoms with E-state index in [4.69, 9.17) is 9.72 Å². The number of aryl methyl sites for hydroxylation is 1. The molecule has 0 bridgehead atoms. The van der Waals surface area contributed by atoms with Crippen molar-refractivity contribution >= 4 is 50.4 Å². The van der Waals surface area contributed by atoms with Crippen molar-refractivity contribution < 1.29 is 9.53 Å². The number of nitrogens with one attached hydrogen (secondary N) is 1. The van der Waals surface area contributed by atoms with Crippen molar-refractivity contribution in [2.45, 2.75) is 18.9 Å². The van der Waals surface area contributed by atoms with Crippen molar-refractivity contribution in [1.82, 2.24) is 9.97 Å². The van der Waals surface area contributed by atoms with Gasteiger partial charge in [0.2, 0.25) is 0 Å². The number of pyridine rings is 1. The van der Waals surface area contributed by atoms with Crippen molar-refractivity contribution in [2.75, 3.05) is 12.4 Å². The van der Waals surface area contributed by atoms with Crippen LogP contribution in [0.3, 0.4) is 0 Å². The molecule has 0 radical (unpaired) electrons. The minimum Gasteiger partial charge on any atom is -0.465 e. The number of rotatable bonds is 4. The standard InChI is InChI=1S/C20H18N2O2S/c1-3-24-17(23)11-25-20-14-7-5-4-6-13(14)18-19(22-20)15-10-12(2)8-9-16(15)21-18/h4-10,21H,3,11H2,1-2H3. The summed E-state index contributed by atoms with van der Waals surface area (Å²) in [6.45, 7) is 4.29. The number of H-pyrrole nitrogens is 1. The Bertz CT molecular complexity index is 1100. The van der Waals surface area contributed by atoms with E-state index in [9.17, 15) is 4.79 Å². The third-order valence-corrected chi connectivity index (χ3v) is 5.16. The quantitative estimate of drug-likeness (QED) is 0.423. The number of carbonyl (C=O) groups excluding carboxylic acids is 1. The largest absolute Gasteiger partial charge is 0.465 e. The van der Waals surface area contributed by atoms with Crippen LogP contribution in [0, 0.1) is 6.92 Å². The lowest BCUT2D eigenvalue weighted by atomic mass is 10.1. The van der Waals surface area contributed by atoms with Crippen LogP contribution in [0.25, 0.3) is 32.7 Å². The summed E-state index contributed by atoms with van der Waals surface area (Å²) >= 11 is 1.43. The fourth-order valence-electron chi connectivity index (χ4n) is 3.09. The highest BCUT2D eigenvalue weighted by Gasteiger charge is 2.14. The summed E-state index contributed by atoms with van der Waals surface area (Å²) in [7, 11) is 0. The molecule has 0 spiro atoms. The van der Waals surface area contributed by atoms with Gasteiger partial charge in [-0.25, -0.2) is 4.98 Å². The number of ether oxygens (including phenoxy) is 1. The summed E-state index contributed by atoms with van der Waals surface area (Å²) in [5, 5.41) is 4.14. The molecule has 4 rings (SSSR count). The first kappa shape index (κ1) is 16.0. The van der Waals surface area contributed by atoms with Gasteiger partial charge in [0, 0.05) is 21.7 Å². The highest BCUT2D eigenvalue weighted by Crippen LogP contribution is 2.35. The molecular weight excluding hydrogens is 332 g/mol. The Morgan fingerprint density at radius 3 is 2.76 bits per heavy atom. The second-order valence-corrected chi connectivity index (χ2v) is 6.92. The van der Waals surface area contributed by atoms with Crippen molar-refractivity contribution in [3.63, 3.8) is 0 Å². The van der Waals surface area contributed by atoms with E-state index in [1.54, 1.807) is 0 Å². The Balaban J connectivity index is 1.92. The third kappa shape index (κ3) is 2.85. The number of aromatic nitrogens is 2. The highest BCUT2D eigenvalue weighted by molar-refractivity contribution is 8.00. The second kappa shape index (κ2) is 6.41. The number of nitrogens with zero attached hydrogens (tertiary/aromatic N) is 1. The maximum atomic E-state index is 11.7. The van der Waals surface area contributed by atoms with Crippen LogP contribution in [0.1, 0.15) is 12.5 Å². The van der Waals surface area contributed by atoms with Gasteiger partial charge in [-0.05, 0) is 26.0 Å². The molecule has 0 saturated heterocycles. The molecule has 0 unspecified atom stereocenters. The van der Waals surface area contributed by atoms with Gasteiger partial charge in [-0.2, -0.15) is 0 Å². The zero-order valence-electron chi connectivity index (χ0n) is 14.1. The van der Waals surface area contributed by atoms with Crippen LogP contribution in [-0.2, 0) is 9.53 Å². The van der Waals surface area contributed by atoms with Gasteiger partial charge in [0.15, 0.2) is 0 Å². The molecule has 0 atom stereocenters. The van der Waals surface area contributed by atoms with Gasteiger partial charge in [-0.15, -0.1) is 0 Å². The van der Waals surface area contributed by atoms with Gasteiger partial charge in [0.05, 0.1) is 23.4 Å². The number of benzene rings is 2. The number of carbonyl (C=O) groups is 1. The summed E-state index contributed by atoms with van der Waals surface area (Å²) in [5.74, 6) is 0.0470. The summed E-state index contributed by atoms with van der Waals surface area (Å²) < 4.78 is 5.04. The van der Waals surface area contributed by atoms with Crippen LogP contribution >= 0.6 is 11.8 Å². The molecule has 2 aromatic carbocycles. The predicted octanol–water partition coefficient (Wildman–Crippen LogP) is 4.83. The van der Waals surface area contributed by atoms with Gasteiger partial charge < -0.3 is 9.72 Å². The molecule has 4 aromatic rings. The monoisotopic (exact) mass is 350 g/mol. The number of thioether (sulfide) groups is 1. The SMILES string of the molecule is CCOC(=O)CSc1nc2c3cc(C)ccc3[nH]c2c2ccccc12. The Morgan fingerprint density at radius 2 is 1.96 bits per heavy atom. The van der Waals surface area contributed by atoms with E-state index in [-0.39, 0.29) is 11.7 Å². The van der Waals surface area contributed by atoms with Gasteiger partial charge >= 0.3 is 5.97 Å². The Labute approximate surface area is 149 Å². The van der Waals surface area contributed by atoms with Crippen molar-refractivity contribution in [3.05, 3.63) is 48.0 Å².